The van der Waals surface area contributed by atoms with Crippen molar-refractivity contribution in [3.05, 3.63) is 99.0 Å². The third kappa shape index (κ3) is 9.81. The minimum absolute atomic E-state index is 0.0736. The van der Waals surface area contributed by atoms with Crippen LogP contribution in [0.25, 0.3) is 0 Å². The monoisotopic (exact) mass is 701 g/mol. The minimum Gasteiger partial charge on any atom is -0.352 e. The van der Waals surface area contributed by atoms with Crippen LogP contribution in [0.1, 0.15) is 61.6 Å². The van der Waals surface area contributed by atoms with Gasteiger partial charge in [0.25, 0.3) is 0 Å². The zero-order valence-corrected chi connectivity index (χ0v) is 28.5. The van der Waals surface area contributed by atoms with Crippen molar-refractivity contribution < 1.29 is 18.0 Å². The molecule has 3 aromatic rings. The number of hydrogen-bond donors (Lipinski definition) is 1. The summed E-state index contributed by atoms with van der Waals surface area (Å²) < 4.78 is 27.8. The summed E-state index contributed by atoms with van der Waals surface area (Å²) in [5.74, 6) is -0.359. The molecular weight excluding hydrogens is 662 g/mol. The molecule has 0 saturated heterocycles. The van der Waals surface area contributed by atoms with Gasteiger partial charge >= 0.3 is 0 Å². The Bertz CT molecular complexity index is 1510. The van der Waals surface area contributed by atoms with E-state index in [-0.39, 0.29) is 43.8 Å². The van der Waals surface area contributed by atoms with E-state index in [1.165, 1.54) is 10.7 Å². The van der Waals surface area contributed by atoms with E-state index in [1.807, 2.05) is 61.5 Å². The van der Waals surface area contributed by atoms with Crippen molar-refractivity contribution >= 4 is 55.1 Å². The van der Waals surface area contributed by atoms with E-state index >= 15 is 0 Å². The maximum atomic E-state index is 14.1. The molecule has 1 aliphatic rings. The standard InChI is InChI=1S/C34H41BrClN3O4S/c1-25-15-20-29(36)23-31(25)39(44(2,42)43)21-9-14-33(40)38(24-27-16-18-28(35)19-17-27)32(22-26-10-5-3-6-11-26)34(41)37-30-12-7-4-8-13-30/h3,5-6,10-11,15-20,23,30,32H,4,7-9,12-14,21-22,24H2,1-2H3,(H,37,41). The number of amides is 2. The highest BCUT2D eigenvalue weighted by molar-refractivity contribution is 9.10. The summed E-state index contributed by atoms with van der Waals surface area (Å²) in [5, 5.41) is 3.69. The average molecular weight is 703 g/mol. The maximum absolute atomic E-state index is 14.1. The second-order valence-corrected chi connectivity index (χ2v) is 14.8. The van der Waals surface area contributed by atoms with Gasteiger partial charge in [-0.05, 0) is 67.1 Å². The van der Waals surface area contributed by atoms with E-state index in [9.17, 15) is 18.0 Å². The Kier molecular flexibility index (Phi) is 12.3. The highest BCUT2D eigenvalue weighted by Crippen LogP contribution is 2.27. The van der Waals surface area contributed by atoms with Crippen LogP contribution in [0.5, 0.6) is 0 Å². The summed E-state index contributed by atoms with van der Waals surface area (Å²) in [5.41, 5.74) is 3.13. The maximum Gasteiger partial charge on any atom is 0.243 e. The van der Waals surface area contributed by atoms with Crippen LogP contribution in [0.15, 0.2) is 77.3 Å². The molecule has 0 aliphatic heterocycles. The molecule has 1 aliphatic carbocycles. The molecule has 0 aromatic heterocycles. The minimum atomic E-state index is -3.63. The van der Waals surface area contributed by atoms with Crippen LogP contribution in [0.4, 0.5) is 5.69 Å². The number of rotatable bonds is 13. The van der Waals surface area contributed by atoms with E-state index < -0.39 is 16.1 Å². The smallest absolute Gasteiger partial charge is 0.243 e. The Morgan fingerprint density at radius 1 is 0.977 bits per heavy atom. The normalized spacial score (nSPS) is 14.5. The quantitative estimate of drug-likeness (QED) is 0.207. The van der Waals surface area contributed by atoms with Crippen molar-refractivity contribution in [3.8, 4) is 0 Å². The van der Waals surface area contributed by atoms with E-state index in [0.717, 1.165) is 53.1 Å². The topological polar surface area (TPSA) is 86.8 Å². The van der Waals surface area contributed by atoms with Crippen LogP contribution in [0, 0.1) is 6.92 Å². The fourth-order valence-electron chi connectivity index (χ4n) is 5.72. The molecule has 7 nitrogen and oxygen atoms in total. The van der Waals surface area contributed by atoms with E-state index in [4.69, 9.17) is 11.6 Å². The lowest BCUT2D eigenvalue weighted by atomic mass is 9.94. The third-order valence-electron chi connectivity index (χ3n) is 8.08. The molecular formula is C34H41BrClN3O4S. The summed E-state index contributed by atoms with van der Waals surface area (Å²) in [6.07, 6.45) is 7.09. The molecule has 1 atom stereocenters. The van der Waals surface area contributed by atoms with Gasteiger partial charge in [-0.1, -0.05) is 95.3 Å². The molecule has 0 radical (unpaired) electrons. The molecule has 0 spiro atoms. The van der Waals surface area contributed by atoms with Gasteiger partial charge in [-0.2, -0.15) is 0 Å². The number of nitrogens with zero attached hydrogens (tertiary/aromatic N) is 2. The van der Waals surface area contributed by atoms with Gasteiger partial charge in [0.1, 0.15) is 6.04 Å². The van der Waals surface area contributed by atoms with E-state index in [0.29, 0.717) is 17.1 Å². The molecule has 0 heterocycles. The van der Waals surface area contributed by atoms with Crippen LogP contribution < -0.4 is 9.62 Å². The number of carbonyl (C=O) groups is 2. The van der Waals surface area contributed by atoms with Crippen LogP contribution >= 0.6 is 27.5 Å². The highest BCUT2D eigenvalue weighted by atomic mass is 79.9. The van der Waals surface area contributed by atoms with Gasteiger partial charge in [0.2, 0.25) is 21.8 Å². The van der Waals surface area contributed by atoms with Gasteiger partial charge in [0.05, 0.1) is 11.9 Å². The van der Waals surface area contributed by atoms with Crippen molar-refractivity contribution in [2.45, 2.75) is 76.9 Å². The molecule has 3 aromatic carbocycles. The van der Waals surface area contributed by atoms with E-state index in [2.05, 4.69) is 21.2 Å². The first kappa shape index (κ1) is 34.0. The van der Waals surface area contributed by atoms with Crippen molar-refractivity contribution in [3.63, 3.8) is 0 Å². The van der Waals surface area contributed by atoms with E-state index in [1.54, 1.807) is 23.1 Å². The zero-order valence-electron chi connectivity index (χ0n) is 25.3. The number of anilines is 1. The first-order valence-corrected chi connectivity index (χ1v) is 18.2. The van der Waals surface area contributed by atoms with Crippen molar-refractivity contribution in [2.75, 3.05) is 17.1 Å². The van der Waals surface area contributed by atoms with Gasteiger partial charge in [0.15, 0.2) is 0 Å². The Balaban J connectivity index is 1.60. The Morgan fingerprint density at radius 2 is 1.66 bits per heavy atom. The predicted molar refractivity (Wildman–Crippen MR) is 181 cm³/mol. The Hall–Kier alpha value is -2.88. The largest absolute Gasteiger partial charge is 0.352 e. The number of nitrogens with one attached hydrogen (secondary N) is 1. The number of sulfonamides is 1. The predicted octanol–water partition coefficient (Wildman–Crippen LogP) is 7.05. The molecule has 4 rings (SSSR count). The zero-order chi connectivity index (χ0) is 31.7. The van der Waals surface area contributed by atoms with Crippen LogP contribution in [-0.2, 0) is 32.6 Å². The van der Waals surface area contributed by atoms with Crippen LogP contribution in [-0.4, -0.2) is 50.0 Å². The third-order valence-corrected chi connectivity index (χ3v) is 10.0. The van der Waals surface area contributed by atoms with Crippen molar-refractivity contribution in [1.29, 1.82) is 0 Å². The molecule has 1 N–H and O–H groups in total. The Labute approximate surface area is 275 Å². The van der Waals surface area contributed by atoms with Gasteiger partial charge in [0, 0.05) is 41.5 Å². The molecule has 236 valence electrons. The second kappa shape index (κ2) is 15.9. The highest BCUT2D eigenvalue weighted by Gasteiger charge is 2.32. The lowest BCUT2D eigenvalue weighted by Gasteiger charge is -2.34. The number of hydrogen-bond acceptors (Lipinski definition) is 4. The molecule has 10 heteroatoms. The number of benzene rings is 3. The van der Waals surface area contributed by atoms with Crippen LogP contribution in [0.3, 0.4) is 0 Å². The summed E-state index contributed by atoms with van der Waals surface area (Å²) >= 11 is 9.68. The first-order chi connectivity index (χ1) is 21.0. The number of carbonyl (C=O) groups excluding carboxylic acids is 2. The summed E-state index contributed by atoms with van der Waals surface area (Å²) in [7, 11) is -3.63. The summed E-state index contributed by atoms with van der Waals surface area (Å²) in [4.78, 5) is 29.7. The molecule has 1 fully saturated rings. The van der Waals surface area contributed by atoms with Gasteiger partial charge in [-0.3, -0.25) is 13.9 Å². The Morgan fingerprint density at radius 3 is 2.32 bits per heavy atom. The SMILES string of the molecule is Cc1ccc(Cl)cc1N(CCCC(=O)N(Cc1ccc(Br)cc1)C(Cc1ccccc1)C(=O)NC1CCCCC1)S(C)(=O)=O. The molecule has 44 heavy (non-hydrogen) atoms. The number of aryl methyl sites for hydroxylation is 1. The number of halogens is 2. The second-order valence-electron chi connectivity index (χ2n) is 11.6. The fourth-order valence-corrected chi connectivity index (χ4v) is 7.16. The lowest BCUT2D eigenvalue weighted by molar-refractivity contribution is -0.141. The molecule has 0 bridgehead atoms. The van der Waals surface area contributed by atoms with Gasteiger partial charge in [-0.25, -0.2) is 8.42 Å². The summed E-state index contributed by atoms with van der Waals surface area (Å²) in [6.45, 7) is 2.19. The van der Waals surface area contributed by atoms with Gasteiger partial charge < -0.3 is 10.2 Å². The average Bonchev–Trinajstić information content (AvgIpc) is 2.99. The lowest BCUT2D eigenvalue weighted by Crippen LogP contribution is -2.52. The van der Waals surface area contributed by atoms with Gasteiger partial charge in [-0.15, -0.1) is 0 Å². The van der Waals surface area contributed by atoms with Crippen LogP contribution in [0.2, 0.25) is 5.02 Å². The first-order valence-electron chi connectivity index (χ1n) is 15.1. The summed E-state index contributed by atoms with van der Waals surface area (Å²) in [6, 6.07) is 22.0. The van der Waals surface area contributed by atoms with Crippen molar-refractivity contribution in [1.82, 2.24) is 10.2 Å². The molecule has 2 amide bonds. The van der Waals surface area contributed by atoms with Crippen molar-refractivity contribution in [2.24, 2.45) is 0 Å². The molecule has 1 saturated carbocycles. The molecule has 1 unspecified atom stereocenters. The fraction of sp³-hybridized carbons (Fsp3) is 0.412.